The Morgan fingerprint density at radius 1 is 0.792 bits per heavy atom. The first-order chi connectivity index (χ1) is 11.1. The van der Waals surface area contributed by atoms with Gasteiger partial charge in [-0.3, -0.25) is 0 Å². The molecule has 1 unspecified atom stereocenters. The van der Waals surface area contributed by atoms with Crippen LogP contribution in [0.15, 0.2) is 0 Å². The van der Waals surface area contributed by atoms with Crippen LogP contribution < -0.4 is 0 Å². The van der Waals surface area contributed by atoms with Gasteiger partial charge in [0, 0.05) is 0 Å². The summed E-state index contributed by atoms with van der Waals surface area (Å²) < 4.78 is 26.1. The number of hydrogen-bond donors (Lipinski definition) is 1. The summed E-state index contributed by atoms with van der Waals surface area (Å²) >= 11 is 0. The van der Waals surface area contributed by atoms with Gasteiger partial charge in [-0.25, -0.2) is 0 Å². The lowest BCUT2D eigenvalue weighted by molar-refractivity contribution is -0.0301. The Morgan fingerprint density at radius 2 is 1.29 bits per heavy atom. The Bertz CT molecular complexity index is 411. The van der Waals surface area contributed by atoms with E-state index in [0.29, 0.717) is 24.3 Å². The first-order valence-electron chi connectivity index (χ1n) is 9.38. The normalized spacial score (nSPS) is 33.1. The van der Waals surface area contributed by atoms with Gasteiger partial charge in [0.25, 0.3) is 0 Å². The van der Waals surface area contributed by atoms with E-state index in [9.17, 15) is 5.11 Å². The van der Waals surface area contributed by atoms with Crippen LogP contribution in [0.2, 0.25) is 22.2 Å². The Balaban J connectivity index is 2.51. The maximum absolute atomic E-state index is 10.4. The zero-order valence-electron chi connectivity index (χ0n) is 16.5. The van der Waals surface area contributed by atoms with Gasteiger partial charge in [-0.15, -0.1) is 0 Å². The van der Waals surface area contributed by atoms with E-state index in [1.807, 2.05) is 0 Å². The van der Waals surface area contributed by atoms with Crippen molar-refractivity contribution in [2.24, 2.45) is 0 Å². The third-order valence-corrected chi connectivity index (χ3v) is 15.8. The molecule has 2 saturated heterocycles. The van der Waals surface area contributed by atoms with Crippen molar-refractivity contribution >= 4 is 17.1 Å². The number of fused-ring (bicyclic) bond motifs is 1. The van der Waals surface area contributed by atoms with Gasteiger partial charge in [-0.05, 0) is 22.2 Å². The summed E-state index contributed by atoms with van der Waals surface area (Å²) in [6.07, 6.45) is -1.13. The van der Waals surface area contributed by atoms with E-state index in [2.05, 4.69) is 55.4 Å². The van der Waals surface area contributed by atoms with Crippen LogP contribution in [-0.4, -0.2) is 53.8 Å². The molecule has 5 nitrogen and oxygen atoms in total. The average molecular weight is 377 g/mol. The number of aliphatic hydroxyl groups excluding tert-OH is 1. The molecule has 2 fully saturated rings. The number of ether oxygens (including phenoxy) is 1. The summed E-state index contributed by atoms with van der Waals surface area (Å²) in [4.78, 5) is 0. The van der Waals surface area contributed by atoms with Gasteiger partial charge in [0.1, 0.15) is 18.3 Å². The second kappa shape index (κ2) is 7.46. The highest BCUT2D eigenvalue weighted by Gasteiger charge is 2.60. The molecule has 2 aliphatic heterocycles. The number of aliphatic hydroxyl groups is 1. The van der Waals surface area contributed by atoms with Gasteiger partial charge in [0.15, 0.2) is 0 Å². The summed E-state index contributed by atoms with van der Waals surface area (Å²) in [6, 6.07) is 0. The molecule has 0 saturated carbocycles. The summed E-state index contributed by atoms with van der Waals surface area (Å²) in [5.41, 5.74) is 1.20. The highest BCUT2D eigenvalue weighted by Crippen LogP contribution is 2.46. The van der Waals surface area contributed by atoms with E-state index in [4.69, 9.17) is 17.7 Å². The van der Waals surface area contributed by atoms with Crippen LogP contribution in [-0.2, 0) is 17.7 Å². The molecule has 0 aromatic heterocycles. The zero-order valence-corrected chi connectivity index (χ0v) is 18.5. The number of hydrogen-bond acceptors (Lipinski definition) is 5. The fourth-order valence-electron chi connectivity index (χ4n) is 4.10. The lowest BCUT2D eigenvalue weighted by Gasteiger charge is -2.51. The van der Waals surface area contributed by atoms with E-state index >= 15 is 0 Å². The summed E-state index contributed by atoms with van der Waals surface area (Å²) in [6.45, 7) is 18.3. The molecular formula is C17H36O5Si2. The first-order valence-corrected chi connectivity index (χ1v) is 13.3. The number of rotatable bonds is 4. The Kier molecular flexibility index (Phi) is 6.39. The molecule has 2 aliphatic rings. The van der Waals surface area contributed by atoms with Crippen molar-refractivity contribution in [3.8, 4) is 0 Å². The highest BCUT2D eigenvalue weighted by atomic mass is 28.5. The topological polar surface area (TPSA) is 57.2 Å². The molecule has 0 aromatic carbocycles. The van der Waals surface area contributed by atoms with Crippen LogP contribution in [0.25, 0.3) is 0 Å². The third kappa shape index (κ3) is 3.41. The monoisotopic (exact) mass is 376 g/mol. The maximum Gasteiger partial charge on any atom is 0.335 e. The second-order valence-electron chi connectivity index (χ2n) is 8.50. The van der Waals surface area contributed by atoms with Gasteiger partial charge in [0.2, 0.25) is 0 Å². The highest BCUT2D eigenvalue weighted by molar-refractivity contribution is 6.83. The van der Waals surface area contributed by atoms with Crippen molar-refractivity contribution in [1.82, 2.24) is 0 Å². The molecular weight excluding hydrogens is 340 g/mol. The lowest BCUT2D eigenvalue weighted by Crippen LogP contribution is -2.65. The van der Waals surface area contributed by atoms with Crippen LogP contribution in [0.5, 0.6) is 0 Å². The van der Waals surface area contributed by atoms with Crippen molar-refractivity contribution in [3.63, 3.8) is 0 Å². The van der Waals surface area contributed by atoms with Crippen LogP contribution in [0.4, 0.5) is 0 Å². The van der Waals surface area contributed by atoms with E-state index in [-0.39, 0.29) is 23.3 Å². The zero-order chi connectivity index (χ0) is 18.3. The molecule has 2 heterocycles. The Hall–Kier alpha value is 0.234. The van der Waals surface area contributed by atoms with Gasteiger partial charge in [-0.2, -0.15) is 0 Å². The smallest absolute Gasteiger partial charge is 0.335 e. The fraction of sp³-hybridized carbons (Fsp3) is 1.00. The maximum atomic E-state index is 10.4. The molecule has 3 atom stereocenters. The predicted octanol–water partition coefficient (Wildman–Crippen LogP) is 3.70. The molecule has 0 aromatic rings. The average Bonchev–Trinajstić information content (AvgIpc) is 2.77. The van der Waals surface area contributed by atoms with Crippen molar-refractivity contribution in [2.45, 2.75) is 95.9 Å². The minimum Gasteiger partial charge on any atom is -0.414 e. The van der Waals surface area contributed by atoms with Crippen LogP contribution in [0.3, 0.4) is 0 Å². The van der Waals surface area contributed by atoms with Gasteiger partial charge < -0.3 is 22.8 Å². The SMILES string of the molecule is CC(C)[Si]1(C(C)C)OCC2OC[C@H](O)[C@@H]2O[Si](C(C)C)(C(C)C)O1. The Labute approximate surface area is 149 Å². The molecule has 0 amide bonds. The van der Waals surface area contributed by atoms with E-state index in [0.717, 1.165) is 0 Å². The summed E-state index contributed by atoms with van der Waals surface area (Å²) in [5.74, 6) is 0. The molecule has 0 aliphatic carbocycles. The van der Waals surface area contributed by atoms with Gasteiger partial charge in [0.05, 0.1) is 13.2 Å². The van der Waals surface area contributed by atoms with Crippen molar-refractivity contribution in [3.05, 3.63) is 0 Å². The largest absolute Gasteiger partial charge is 0.414 e. The molecule has 24 heavy (non-hydrogen) atoms. The summed E-state index contributed by atoms with van der Waals surface area (Å²) in [7, 11) is -5.10. The lowest BCUT2D eigenvalue weighted by atomic mass is 10.2. The second-order valence-corrected chi connectivity index (χ2v) is 17.3. The van der Waals surface area contributed by atoms with Crippen LogP contribution >= 0.6 is 0 Å². The fourth-order valence-corrected chi connectivity index (χ4v) is 15.3. The van der Waals surface area contributed by atoms with E-state index in [1.54, 1.807) is 0 Å². The van der Waals surface area contributed by atoms with E-state index < -0.39 is 23.2 Å². The quantitative estimate of drug-likeness (QED) is 0.758. The molecule has 0 radical (unpaired) electrons. The standard InChI is InChI=1S/C17H36O5Si2/c1-11(2)23(12(3)4)20-10-16-17(15(18)9-19-16)21-24(22-23,13(5)6)14(7)8/h11-18H,9-10H2,1-8H3/t15-,16?,17-/m0/s1. The van der Waals surface area contributed by atoms with Crippen LogP contribution in [0.1, 0.15) is 55.4 Å². The van der Waals surface area contributed by atoms with E-state index in [1.165, 1.54) is 0 Å². The van der Waals surface area contributed by atoms with Gasteiger partial charge in [-0.1, -0.05) is 55.4 Å². The Morgan fingerprint density at radius 3 is 1.75 bits per heavy atom. The van der Waals surface area contributed by atoms with Crippen LogP contribution in [0, 0.1) is 0 Å². The first kappa shape index (κ1) is 20.5. The molecule has 0 bridgehead atoms. The molecule has 142 valence electrons. The molecule has 1 N–H and O–H groups in total. The predicted molar refractivity (Wildman–Crippen MR) is 99.6 cm³/mol. The van der Waals surface area contributed by atoms with Crippen molar-refractivity contribution < 1.29 is 22.8 Å². The molecule has 0 spiro atoms. The van der Waals surface area contributed by atoms with Gasteiger partial charge >= 0.3 is 17.1 Å². The minimum absolute atomic E-state index is 0.197. The molecule has 7 heteroatoms. The summed E-state index contributed by atoms with van der Waals surface area (Å²) in [5, 5.41) is 10.4. The minimum atomic E-state index is -2.61. The van der Waals surface area contributed by atoms with Crippen molar-refractivity contribution in [1.29, 1.82) is 0 Å². The third-order valence-electron chi connectivity index (χ3n) is 5.56. The van der Waals surface area contributed by atoms with Crippen molar-refractivity contribution in [2.75, 3.05) is 13.2 Å². The molecule has 2 rings (SSSR count).